The highest BCUT2D eigenvalue weighted by atomic mass is 16.6. The zero-order valence-electron chi connectivity index (χ0n) is 9.06. The van der Waals surface area contributed by atoms with Crippen LogP contribution in [0.5, 0.6) is 0 Å². The summed E-state index contributed by atoms with van der Waals surface area (Å²) in [5.41, 5.74) is -0.130. The molecular weight excluding hydrogens is 208 g/mol. The highest BCUT2D eigenvalue weighted by Crippen LogP contribution is 2.26. The summed E-state index contributed by atoms with van der Waals surface area (Å²) in [5, 5.41) is 17.2. The molecule has 0 spiro atoms. The first-order chi connectivity index (χ1) is 7.61. The van der Waals surface area contributed by atoms with Gasteiger partial charge in [-0.25, -0.2) is 4.98 Å². The van der Waals surface area contributed by atoms with Crippen molar-refractivity contribution in [1.82, 2.24) is 10.3 Å². The molecule has 0 aromatic carbocycles. The molecule has 1 aromatic heterocycles. The van der Waals surface area contributed by atoms with Gasteiger partial charge in [-0.2, -0.15) is 0 Å². The van der Waals surface area contributed by atoms with Gasteiger partial charge in [-0.05, 0) is 26.0 Å². The fourth-order valence-corrected chi connectivity index (χ4v) is 1.85. The molecule has 86 valence electrons. The quantitative estimate of drug-likeness (QED) is 0.592. The monoisotopic (exact) mass is 222 g/mol. The molecule has 2 rings (SSSR count). The highest BCUT2D eigenvalue weighted by molar-refractivity contribution is 5.56. The molecule has 2 N–H and O–H groups in total. The molecule has 1 aliphatic rings. The summed E-state index contributed by atoms with van der Waals surface area (Å²) in [4.78, 5) is 14.4. The minimum absolute atomic E-state index is 0.0237. The number of hydrogen-bond acceptors (Lipinski definition) is 5. The van der Waals surface area contributed by atoms with Crippen molar-refractivity contribution in [1.29, 1.82) is 0 Å². The average molecular weight is 222 g/mol. The van der Waals surface area contributed by atoms with E-state index in [0.29, 0.717) is 5.82 Å². The maximum atomic E-state index is 10.8. The van der Waals surface area contributed by atoms with Crippen LogP contribution in [0.15, 0.2) is 18.3 Å². The smallest absolute Gasteiger partial charge is 0.311 e. The summed E-state index contributed by atoms with van der Waals surface area (Å²) in [5.74, 6) is 0.346. The summed E-state index contributed by atoms with van der Waals surface area (Å²) in [6.07, 6.45) is 2.49. The second-order valence-corrected chi connectivity index (χ2v) is 4.24. The van der Waals surface area contributed by atoms with Gasteiger partial charge < -0.3 is 10.6 Å². The van der Waals surface area contributed by atoms with Gasteiger partial charge in [-0.3, -0.25) is 10.1 Å². The molecule has 0 radical (unpaired) electrons. The zero-order chi connectivity index (χ0) is 11.6. The third-order valence-electron chi connectivity index (χ3n) is 2.77. The van der Waals surface area contributed by atoms with Gasteiger partial charge in [0.25, 0.3) is 0 Å². The molecule has 1 atom stereocenters. The van der Waals surface area contributed by atoms with E-state index in [9.17, 15) is 10.1 Å². The number of anilines is 1. The van der Waals surface area contributed by atoms with Gasteiger partial charge in [0.15, 0.2) is 0 Å². The topological polar surface area (TPSA) is 80.1 Å². The van der Waals surface area contributed by atoms with Crippen LogP contribution in [0.4, 0.5) is 11.5 Å². The van der Waals surface area contributed by atoms with Gasteiger partial charge in [-0.15, -0.1) is 0 Å². The molecule has 6 nitrogen and oxygen atoms in total. The van der Waals surface area contributed by atoms with E-state index >= 15 is 0 Å². The van der Waals surface area contributed by atoms with Crippen molar-refractivity contribution in [3.8, 4) is 0 Å². The fourth-order valence-electron chi connectivity index (χ4n) is 1.85. The standard InChI is InChI=1S/C10H14N4O2/c1-10(4-6-11-7-10)13-9-8(14(15)16)3-2-5-12-9/h2-3,5,11H,4,6-7H2,1H3,(H,12,13). The molecule has 0 saturated carbocycles. The first-order valence-corrected chi connectivity index (χ1v) is 5.19. The number of hydrogen-bond donors (Lipinski definition) is 2. The SMILES string of the molecule is CC1(Nc2ncccc2[N+](=O)[O-])CCNC1. The van der Waals surface area contributed by atoms with Gasteiger partial charge in [0.05, 0.1) is 4.92 Å². The number of pyridine rings is 1. The third-order valence-corrected chi connectivity index (χ3v) is 2.77. The van der Waals surface area contributed by atoms with Gasteiger partial charge in [0, 0.05) is 24.3 Å². The van der Waals surface area contributed by atoms with Crippen LogP contribution in [0, 0.1) is 10.1 Å². The van der Waals surface area contributed by atoms with E-state index in [2.05, 4.69) is 15.6 Å². The van der Waals surface area contributed by atoms with Crippen LogP contribution in [0.3, 0.4) is 0 Å². The molecule has 0 aliphatic carbocycles. The normalized spacial score (nSPS) is 24.3. The predicted molar refractivity (Wildman–Crippen MR) is 60.4 cm³/mol. The Balaban J connectivity index is 2.23. The first kappa shape index (κ1) is 10.8. The Bertz CT molecular complexity index is 402. The summed E-state index contributed by atoms with van der Waals surface area (Å²) in [6, 6.07) is 3.03. The van der Waals surface area contributed by atoms with Crippen molar-refractivity contribution in [3.05, 3.63) is 28.4 Å². The van der Waals surface area contributed by atoms with Crippen LogP contribution in [-0.2, 0) is 0 Å². The van der Waals surface area contributed by atoms with Crippen molar-refractivity contribution in [3.63, 3.8) is 0 Å². The van der Waals surface area contributed by atoms with Gasteiger partial charge >= 0.3 is 5.69 Å². The molecule has 0 bridgehead atoms. The minimum atomic E-state index is -0.416. The zero-order valence-corrected chi connectivity index (χ0v) is 9.06. The van der Waals surface area contributed by atoms with Crippen molar-refractivity contribution in [2.24, 2.45) is 0 Å². The van der Waals surface area contributed by atoms with E-state index < -0.39 is 4.92 Å². The van der Waals surface area contributed by atoms with Crippen molar-refractivity contribution in [2.45, 2.75) is 18.9 Å². The maximum absolute atomic E-state index is 10.8. The number of nitrogens with zero attached hydrogens (tertiary/aromatic N) is 2. The van der Waals surface area contributed by atoms with Crippen molar-refractivity contribution in [2.75, 3.05) is 18.4 Å². The summed E-state index contributed by atoms with van der Waals surface area (Å²) in [7, 11) is 0. The lowest BCUT2D eigenvalue weighted by Gasteiger charge is -2.24. The van der Waals surface area contributed by atoms with Gasteiger partial charge in [0.2, 0.25) is 5.82 Å². The molecule has 2 heterocycles. The number of nitrogens with one attached hydrogen (secondary N) is 2. The van der Waals surface area contributed by atoms with Crippen molar-refractivity contribution >= 4 is 11.5 Å². The lowest BCUT2D eigenvalue weighted by Crippen LogP contribution is -2.37. The summed E-state index contributed by atoms with van der Waals surface area (Å²) >= 11 is 0. The van der Waals surface area contributed by atoms with Gasteiger partial charge in [0.1, 0.15) is 0 Å². The average Bonchev–Trinajstić information content (AvgIpc) is 2.65. The molecule has 0 amide bonds. The number of nitro groups is 1. The van der Waals surface area contributed by atoms with Gasteiger partial charge in [-0.1, -0.05) is 0 Å². The van der Waals surface area contributed by atoms with Crippen LogP contribution in [-0.4, -0.2) is 28.5 Å². The van der Waals surface area contributed by atoms with E-state index in [1.54, 1.807) is 12.3 Å². The minimum Gasteiger partial charge on any atom is -0.358 e. The Morgan fingerprint density at radius 3 is 3.12 bits per heavy atom. The summed E-state index contributed by atoms with van der Waals surface area (Å²) in [6.45, 7) is 3.75. The second-order valence-electron chi connectivity index (χ2n) is 4.24. The van der Waals surface area contributed by atoms with Crippen LogP contribution in [0.1, 0.15) is 13.3 Å². The van der Waals surface area contributed by atoms with E-state index in [0.717, 1.165) is 19.5 Å². The maximum Gasteiger partial charge on any atom is 0.311 e. The van der Waals surface area contributed by atoms with E-state index in [1.807, 2.05) is 6.92 Å². The van der Waals surface area contributed by atoms with Crippen LogP contribution in [0.25, 0.3) is 0 Å². The molecule has 6 heteroatoms. The Labute approximate surface area is 93.2 Å². The van der Waals surface area contributed by atoms with Crippen LogP contribution >= 0.6 is 0 Å². The molecule has 1 fully saturated rings. The van der Waals surface area contributed by atoms with Crippen LogP contribution in [0.2, 0.25) is 0 Å². The summed E-state index contributed by atoms with van der Waals surface area (Å²) < 4.78 is 0. The van der Waals surface area contributed by atoms with E-state index in [-0.39, 0.29) is 11.2 Å². The molecule has 1 aliphatic heterocycles. The Morgan fingerprint density at radius 2 is 2.50 bits per heavy atom. The lowest BCUT2D eigenvalue weighted by molar-refractivity contribution is -0.384. The van der Waals surface area contributed by atoms with Crippen LogP contribution < -0.4 is 10.6 Å². The van der Waals surface area contributed by atoms with E-state index in [4.69, 9.17) is 0 Å². The predicted octanol–water partition coefficient (Wildman–Crippen LogP) is 1.15. The third kappa shape index (κ3) is 2.11. The molecule has 1 aromatic rings. The molecular formula is C10H14N4O2. The Kier molecular flexibility index (Phi) is 2.74. The lowest BCUT2D eigenvalue weighted by atomic mass is 10.0. The van der Waals surface area contributed by atoms with E-state index in [1.165, 1.54) is 6.07 Å². The Morgan fingerprint density at radius 1 is 1.69 bits per heavy atom. The first-order valence-electron chi connectivity index (χ1n) is 5.19. The van der Waals surface area contributed by atoms with Crippen molar-refractivity contribution < 1.29 is 4.92 Å². The molecule has 16 heavy (non-hydrogen) atoms. The fraction of sp³-hybridized carbons (Fsp3) is 0.500. The highest BCUT2D eigenvalue weighted by Gasteiger charge is 2.30. The number of aromatic nitrogens is 1. The largest absolute Gasteiger partial charge is 0.358 e. The Hall–Kier alpha value is -1.69. The molecule has 1 saturated heterocycles. The molecule has 1 unspecified atom stereocenters. The second kappa shape index (κ2) is 4.05. The number of rotatable bonds is 3.